The lowest BCUT2D eigenvalue weighted by Crippen LogP contribution is -2.62. The molecule has 0 aromatic carbocycles. The van der Waals surface area contributed by atoms with Gasteiger partial charge in [0.2, 0.25) is 0 Å². The van der Waals surface area contributed by atoms with E-state index in [4.69, 9.17) is 0 Å². The van der Waals surface area contributed by atoms with Gasteiger partial charge in [0.1, 0.15) is 0 Å². The van der Waals surface area contributed by atoms with Crippen molar-refractivity contribution in [3.05, 3.63) is 0 Å². The number of hydrogen-bond donors (Lipinski definition) is 1. The number of urea groups is 1. The molecule has 0 spiro atoms. The third-order valence-electron chi connectivity index (χ3n) is 3.48. The number of rotatable bonds is 1. The maximum atomic E-state index is 12.6. The van der Waals surface area contributed by atoms with Crippen molar-refractivity contribution in [1.82, 2.24) is 10.2 Å². The first-order valence-electron chi connectivity index (χ1n) is 5.89. The van der Waals surface area contributed by atoms with E-state index in [0.717, 1.165) is 31.6 Å². The largest absolute Gasteiger partial charge is 0.335 e. The summed E-state index contributed by atoms with van der Waals surface area (Å²) in [5.74, 6) is -1.94. The highest BCUT2D eigenvalue weighted by molar-refractivity contribution is 5.75. The first-order chi connectivity index (χ1) is 7.46. The van der Waals surface area contributed by atoms with Gasteiger partial charge in [0.05, 0.1) is 13.1 Å². The summed E-state index contributed by atoms with van der Waals surface area (Å²) in [6, 6.07) is -0.150. The van der Waals surface area contributed by atoms with Crippen molar-refractivity contribution >= 4 is 6.03 Å². The van der Waals surface area contributed by atoms with E-state index in [1.54, 1.807) is 0 Å². The summed E-state index contributed by atoms with van der Waals surface area (Å²) >= 11 is 0. The van der Waals surface area contributed by atoms with E-state index in [-0.39, 0.29) is 12.1 Å². The Hall–Kier alpha value is -0.870. The van der Waals surface area contributed by atoms with Gasteiger partial charge in [0.25, 0.3) is 5.92 Å². The fourth-order valence-electron chi connectivity index (χ4n) is 2.33. The van der Waals surface area contributed by atoms with Gasteiger partial charge < -0.3 is 10.2 Å². The molecule has 0 aromatic heterocycles. The molecule has 0 aromatic rings. The highest BCUT2D eigenvalue weighted by Gasteiger charge is 2.46. The molecule has 1 heterocycles. The van der Waals surface area contributed by atoms with Crippen molar-refractivity contribution in [3.63, 3.8) is 0 Å². The Bertz CT molecular complexity index is 267. The zero-order valence-corrected chi connectivity index (χ0v) is 9.51. The van der Waals surface area contributed by atoms with Gasteiger partial charge in [-0.25, -0.2) is 13.6 Å². The number of amides is 2. The third kappa shape index (κ3) is 2.62. The molecule has 1 saturated heterocycles. The number of halogens is 2. The third-order valence-corrected chi connectivity index (χ3v) is 3.48. The van der Waals surface area contributed by atoms with Crippen LogP contribution in [0.15, 0.2) is 0 Å². The van der Waals surface area contributed by atoms with E-state index in [2.05, 4.69) is 12.2 Å². The molecule has 2 rings (SSSR count). The Kier molecular flexibility index (Phi) is 3.04. The van der Waals surface area contributed by atoms with E-state index < -0.39 is 19.0 Å². The number of carbonyl (C=O) groups excluding carboxylic acids is 1. The molecule has 5 heteroatoms. The van der Waals surface area contributed by atoms with Crippen molar-refractivity contribution in [3.8, 4) is 0 Å². The number of nitrogens with one attached hydrogen (secondary N) is 1. The average molecular weight is 232 g/mol. The molecule has 2 aliphatic rings. The molecular weight excluding hydrogens is 214 g/mol. The fourth-order valence-corrected chi connectivity index (χ4v) is 2.33. The summed E-state index contributed by atoms with van der Waals surface area (Å²) in [5, 5.41) is 2.83. The van der Waals surface area contributed by atoms with Gasteiger partial charge >= 0.3 is 6.03 Å². The SMILES string of the molecule is C[C@H]1CC[C@H](NC(=O)N2CC(F)(F)C2)CC1. The maximum Gasteiger partial charge on any atom is 0.318 e. The van der Waals surface area contributed by atoms with Crippen LogP contribution in [0.2, 0.25) is 0 Å². The van der Waals surface area contributed by atoms with Crippen molar-refractivity contribution in [1.29, 1.82) is 0 Å². The molecule has 1 aliphatic heterocycles. The van der Waals surface area contributed by atoms with Crippen LogP contribution in [0.25, 0.3) is 0 Å². The molecular formula is C11H18F2N2O. The average Bonchev–Trinajstić information content (AvgIpc) is 2.18. The zero-order valence-electron chi connectivity index (χ0n) is 9.51. The highest BCUT2D eigenvalue weighted by Crippen LogP contribution is 2.27. The Labute approximate surface area is 94.2 Å². The second-order valence-electron chi connectivity index (χ2n) is 5.12. The van der Waals surface area contributed by atoms with Crippen molar-refractivity contribution < 1.29 is 13.6 Å². The first kappa shape index (κ1) is 11.6. The van der Waals surface area contributed by atoms with Gasteiger partial charge in [-0.2, -0.15) is 0 Å². The van der Waals surface area contributed by atoms with E-state index in [1.807, 2.05) is 0 Å². The topological polar surface area (TPSA) is 32.3 Å². The number of nitrogens with zero attached hydrogens (tertiary/aromatic N) is 1. The Balaban J connectivity index is 1.72. The van der Waals surface area contributed by atoms with Crippen LogP contribution in [0, 0.1) is 5.92 Å². The molecule has 0 unspecified atom stereocenters. The monoisotopic (exact) mass is 232 g/mol. The summed E-state index contributed by atoms with van der Waals surface area (Å²) < 4.78 is 25.1. The van der Waals surface area contributed by atoms with E-state index >= 15 is 0 Å². The quantitative estimate of drug-likeness (QED) is 0.738. The number of hydrogen-bond acceptors (Lipinski definition) is 1. The van der Waals surface area contributed by atoms with Gasteiger partial charge in [-0.05, 0) is 31.6 Å². The van der Waals surface area contributed by atoms with Crippen LogP contribution in [-0.4, -0.2) is 36.0 Å². The van der Waals surface area contributed by atoms with Gasteiger partial charge in [0.15, 0.2) is 0 Å². The van der Waals surface area contributed by atoms with Crippen molar-refractivity contribution in [2.75, 3.05) is 13.1 Å². The second kappa shape index (κ2) is 4.18. The molecule has 16 heavy (non-hydrogen) atoms. The molecule has 0 radical (unpaired) electrons. The van der Waals surface area contributed by atoms with Crippen LogP contribution in [0.4, 0.5) is 13.6 Å². The molecule has 3 nitrogen and oxygen atoms in total. The van der Waals surface area contributed by atoms with Crippen LogP contribution in [0.5, 0.6) is 0 Å². The Morgan fingerprint density at radius 3 is 2.31 bits per heavy atom. The van der Waals surface area contributed by atoms with Gasteiger partial charge in [-0.1, -0.05) is 6.92 Å². The summed E-state index contributed by atoms with van der Waals surface area (Å²) in [5.41, 5.74) is 0. The predicted octanol–water partition coefficient (Wildman–Crippen LogP) is 2.23. The van der Waals surface area contributed by atoms with Crippen LogP contribution < -0.4 is 5.32 Å². The maximum absolute atomic E-state index is 12.6. The van der Waals surface area contributed by atoms with Gasteiger partial charge in [-0.15, -0.1) is 0 Å². The summed E-state index contributed by atoms with van der Waals surface area (Å²) in [7, 11) is 0. The van der Waals surface area contributed by atoms with E-state index in [1.165, 1.54) is 4.90 Å². The molecule has 2 amide bonds. The smallest absolute Gasteiger partial charge is 0.318 e. The van der Waals surface area contributed by atoms with Crippen LogP contribution in [0.3, 0.4) is 0 Å². The minimum atomic E-state index is -2.67. The molecule has 92 valence electrons. The molecule has 0 atom stereocenters. The molecule has 1 aliphatic carbocycles. The van der Waals surface area contributed by atoms with Crippen LogP contribution >= 0.6 is 0 Å². The number of carbonyl (C=O) groups is 1. The standard InChI is InChI=1S/C11H18F2N2O/c1-8-2-4-9(5-3-8)14-10(16)15-6-11(12,13)7-15/h8-9H,2-7H2,1H3,(H,14,16)/t8-,9-. The lowest BCUT2D eigenvalue weighted by molar-refractivity contribution is -0.110. The first-order valence-corrected chi connectivity index (χ1v) is 5.89. The predicted molar refractivity (Wildman–Crippen MR) is 56.5 cm³/mol. The molecule has 1 N–H and O–H groups in total. The zero-order chi connectivity index (χ0) is 11.8. The molecule has 2 fully saturated rings. The fraction of sp³-hybridized carbons (Fsp3) is 0.909. The minimum absolute atomic E-state index is 0.179. The summed E-state index contributed by atoms with van der Waals surface area (Å²) in [6.07, 6.45) is 4.16. The Morgan fingerprint density at radius 1 is 1.25 bits per heavy atom. The number of likely N-dealkylation sites (tertiary alicyclic amines) is 1. The van der Waals surface area contributed by atoms with E-state index in [0.29, 0.717) is 0 Å². The Morgan fingerprint density at radius 2 is 1.81 bits per heavy atom. The summed E-state index contributed by atoms with van der Waals surface area (Å²) in [6.45, 7) is 1.35. The minimum Gasteiger partial charge on any atom is -0.335 e. The normalized spacial score (nSPS) is 33.1. The van der Waals surface area contributed by atoms with E-state index in [9.17, 15) is 13.6 Å². The van der Waals surface area contributed by atoms with Crippen LogP contribution in [-0.2, 0) is 0 Å². The number of alkyl halides is 2. The summed E-state index contributed by atoms with van der Waals surface area (Å²) in [4.78, 5) is 12.7. The van der Waals surface area contributed by atoms with Gasteiger partial charge in [0, 0.05) is 6.04 Å². The lowest BCUT2D eigenvalue weighted by Gasteiger charge is -2.39. The molecule has 0 bridgehead atoms. The second-order valence-corrected chi connectivity index (χ2v) is 5.12. The lowest BCUT2D eigenvalue weighted by atomic mass is 9.87. The van der Waals surface area contributed by atoms with Crippen molar-refractivity contribution in [2.24, 2.45) is 5.92 Å². The van der Waals surface area contributed by atoms with Gasteiger partial charge in [-0.3, -0.25) is 0 Å². The van der Waals surface area contributed by atoms with Crippen molar-refractivity contribution in [2.45, 2.75) is 44.6 Å². The van der Waals surface area contributed by atoms with Crippen LogP contribution in [0.1, 0.15) is 32.6 Å². The highest BCUT2D eigenvalue weighted by atomic mass is 19.3. The molecule has 1 saturated carbocycles.